The van der Waals surface area contributed by atoms with Crippen molar-refractivity contribution >= 4 is 0 Å². The molecule has 3 aromatic rings. The van der Waals surface area contributed by atoms with Crippen LogP contribution in [0.1, 0.15) is 23.6 Å². The van der Waals surface area contributed by atoms with Crippen molar-refractivity contribution in [1.82, 2.24) is 19.8 Å². The summed E-state index contributed by atoms with van der Waals surface area (Å²) in [5, 5.41) is 16.7. The maximum absolute atomic E-state index is 13.6. The Balaban J connectivity index is 2.08. The molecule has 0 bridgehead atoms. The number of hydrogen-bond donors (Lipinski definition) is 1. The van der Waals surface area contributed by atoms with Crippen LogP contribution in [0.2, 0.25) is 0 Å². The summed E-state index contributed by atoms with van der Waals surface area (Å²) in [6, 6.07) is 7.82. The number of rotatable bonds is 5. The molecule has 0 unspecified atom stereocenters. The van der Waals surface area contributed by atoms with E-state index in [0.717, 1.165) is 15.4 Å². The monoisotopic (exact) mass is 394 g/mol. The van der Waals surface area contributed by atoms with E-state index >= 15 is 0 Å². The molecule has 2 aromatic carbocycles. The fourth-order valence-corrected chi connectivity index (χ4v) is 2.79. The van der Waals surface area contributed by atoms with E-state index in [-0.39, 0.29) is 17.0 Å². The van der Waals surface area contributed by atoms with Crippen molar-refractivity contribution in [2.75, 3.05) is 0 Å². The number of aromatic nitrogens is 4. The van der Waals surface area contributed by atoms with E-state index in [1.807, 2.05) is 6.92 Å². The summed E-state index contributed by atoms with van der Waals surface area (Å²) in [7, 11) is 1.35. The van der Waals surface area contributed by atoms with Crippen molar-refractivity contribution in [3.05, 3.63) is 63.6 Å². The third-order valence-electron chi connectivity index (χ3n) is 4.20. The minimum absolute atomic E-state index is 0.0340. The second kappa shape index (κ2) is 7.37. The third kappa shape index (κ3) is 3.71. The standard InChI is InChI=1S/C18H17F3N4O3/c1-3-11-9-12(26)7-8-16(11)28-10-13-14(18(19,20)21)5-4-6-15(13)25-17(27)24(2)22-23-25/h4-9,26H,3,10H2,1-2H3. The van der Waals surface area contributed by atoms with E-state index < -0.39 is 24.0 Å². The van der Waals surface area contributed by atoms with Crippen LogP contribution in [-0.2, 0) is 26.3 Å². The topological polar surface area (TPSA) is 82.2 Å². The molecule has 0 aliphatic carbocycles. The van der Waals surface area contributed by atoms with Crippen molar-refractivity contribution in [2.45, 2.75) is 26.1 Å². The molecule has 148 valence electrons. The Morgan fingerprint density at radius 3 is 2.54 bits per heavy atom. The molecule has 3 rings (SSSR count). The van der Waals surface area contributed by atoms with E-state index in [4.69, 9.17) is 4.74 Å². The van der Waals surface area contributed by atoms with Gasteiger partial charge < -0.3 is 9.84 Å². The van der Waals surface area contributed by atoms with E-state index in [1.54, 1.807) is 0 Å². The summed E-state index contributed by atoms with van der Waals surface area (Å²) in [5.41, 5.74) is -1.28. The lowest BCUT2D eigenvalue weighted by Gasteiger charge is -2.18. The van der Waals surface area contributed by atoms with Crippen molar-refractivity contribution in [3.63, 3.8) is 0 Å². The molecule has 1 aromatic heterocycles. The number of aromatic hydroxyl groups is 1. The molecular formula is C18H17F3N4O3. The zero-order valence-corrected chi connectivity index (χ0v) is 15.1. The summed E-state index contributed by atoms with van der Waals surface area (Å²) in [6.45, 7) is 1.38. The normalized spacial score (nSPS) is 11.6. The van der Waals surface area contributed by atoms with E-state index in [2.05, 4.69) is 10.4 Å². The number of halogens is 3. The Kier molecular flexibility index (Phi) is 5.12. The maximum Gasteiger partial charge on any atom is 0.416 e. The fourth-order valence-electron chi connectivity index (χ4n) is 2.79. The number of benzene rings is 2. The molecule has 0 aliphatic rings. The van der Waals surface area contributed by atoms with Crippen molar-refractivity contribution in [1.29, 1.82) is 0 Å². The first kappa shape index (κ1) is 19.5. The highest BCUT2D eigenvalue weighted by molar-refractivity contribution is 5.47. The summed E-state index contributed by atoms with van der Waals surface area (Å²) >= 11 is 0. The van der Waals surface area contributed by atoms with Crippen molar-refractivity contribution in [2.24, 2.45) is 7.05 Å². The summed E-state index contributed by atoms with van der Waals surface area (Å²) in [4.78, 5) is 12.1. The zero-order valence-electron chi connectivity index (χ0n) is 15.1. The predicted molar refractivity (Wildman–Crippen MR) is 93.4 cm³/mol. The molecule has 0 saturated carbocycles. The second-order valence-corrected chi connectivity index (χ2v) is 6.03. The van der Waals surface area contributed by atoms with Gasteiger partial charge in [0.15, 0.2) is 0 Å². The van der Waals surface area contributed by atoms with Gasteiger partial charge in [0.1, 0.15) is 18.1 Å². The summed E-state index contributed by atoms with van der Waals surface area (Å²) in [6.07, 6.45) is -4.13. The smallest absolute Gasteiger partial charge is 0.416 e. The first-order chi connectivity index (χ1) is 13.2. The number of ether oxygens (including phenoxy) is 1. The molecule has 0 amide bonds. The number of aryl methyl sites for hydroxylation is 2. The van der Waals surface area contributed by atoms with Crippen LogP contribution in [0.4, 0.5) is 13.2 Å². The lowest BCUT2D eigenvalue weighted by Crippen LogP contribution is -2.24. The highest BCUT2D eigenvalue weighted by Crippen LogP contribution is 2.35. The van der Waals surface area contributed by atoms with Crippen molar-refractivity contribution < 1.29 is 23.0 Å². The molecule has 7 nitrogen and oxygen atoms in total. The van der Waals surface area contributed by atoms with Gasteiger partial charge in [-0.1, -0.05) is 13.0 Å². The van der Waals surface area contributed by atoms with Gasteiger partial charge in [-0.3, -0.25) is 0 Å². The van der Waals surface area contributed by atoms with Gasteiger partial charge in [-0.05, 0) is 52.7 Å². The van der Waals surface area contributed by atoms with Gasteiger partial charge in [0.05, 0.1) is 11.3 Å². The number of alkyl halides is 3. The van der Waals surface area contributed by atoms with Crippen molar-refractivity contribution in [3.8, 4) is 17.2 Å². The maximum atomic E-state index is 13.6. The quantitative estimate of drug-likeness (QED) is 0.720. The molecule has 1 N–H and O–H groups in total. The highest BCUT2D eigenvalue weighted by Gasteiger charge is 2.35. The van der Waals surface area contributed by atoms with Gasteiger partial charge in [-0.15, -0.1) is 0 Å². The van der Waals surface area contributed by atoms with Gasteiger partial charge in [0, 0.05) is 12.6 Å². The molecule has 0 aliphatic heterocycles. The largest absolute Gasteiger partial charge is 0.508 e. The number of phenolic OH excluding ortho intramolecular Hbond substituents is 1. The van der Waals surface area contributed by atoms with Gasteiger partial charge in [0.2, 0.25) is 0 Å². The van der Waals surface area contributed by atoms with Crippen LogP contribution in [0.15, 0.2) is 41.2 Å². The van der Waals surface area contributed by atoms with E-state index in [0.29, 0.717) is 17.7 Å². The number of hydrogen-bond acceptors (Lipinski definition) is 5. The first-order valence-electron chi connectivity index (χ1n) is 8.35. The Morgan fingerprint density at radius 2 is 1.93 bits per heavy atom. The van der Waals surface area contributed by atoms with Crippen LogP contribution in [-0.4, -0.2) is 24.9 Å². The lowest BCUT2D eigenvalue weighted by molar-refractivity contribution is -0.138. The van der Waals surface area contributed by atoms with Crippen LogP contribution in [0.25, 0.3) is 5.69 Å². The summed E-state index contributed by atoms with van der Waals surface area (Å²) in [5.74, 6) is 0.376. The minimum Gasteiger partial charge on any atom is -0.508 e. The predicted octanol–water partition coefficient (Wildman–Crippen LogP) is 2.83. The molecule has 1 heterocycles. The number of nitrogens with zero attached hydrogens (tertiary/aromatic N) is 4. The van der Waals surface area contributed by atoms with Crippen LogP contribution >= 0.6 is 0 Å². The van der Waals surface area contributed by atoms with Gasteiger partial charge in [-0.2, -0.15) is 22.5 Å². The molecule has 0 saturated heterocycles. The third-order valence-corrected chi connectivity index (χ3v) is 4.20. The summed E-state index contributed by atoms with van der Waals surface area (Å²) < 4.78 is 48.0. The second-order valence-electron chi connectivity index (χ2n) is 6.03. The molecule has 0 atom stereocenters. The minimum atomic E-state index is -4.65. The molecular weight excluding hydrogens is 377 g/mol. The number of phenols is 1. The molecule has 28 heavy (non-hydrogen) atoms. The van der Waals surface area contributed by atoms with Crippen LogP contribution in [0.3, 0.4) is 0 Å². The highest BCUT2D eigenvalue weighted by atomic mass is 19.4. The zero-order chi connectivity index (χ0) is 20.5. The Hall–Kier alpha value is -3.30. The van der Waals surface area contributed by atoms with Crippen LogP contribution in [0, 0.1) is 0 Å². The average Bonchev–Trinajstić information content (AvgIpc) is 2.98. The molecule has 10 heteroatoms. The fraction of sp³-hybridized carbons (Fsp3) is 0.278. The Morgan fingerprint density at radius 1 is 1.18 bits per heavy atom. The Bertz CT molecular complexity index is 1060. The van der Waals surface area contributed by atoms with Crippen LogP contribution in [0.5, 0.6) is 11.5 Å². The molecule has 0 radical (unpaired) electrons. The SMILES string of the molecule is CCc1cc(O)ccc1OCc1c(-n2nnn(C)c2=O)cccc1C(F)(F)F. The number of tetrazole rings is 1. The van der Waals surface area contributed by atoms with E-state index in [1.165, 1.54) is 37.4 Å². The van der Waals surface area contributed by atoms with Gasteiger partial charge in [0.25, 0.3) is 0 Å². The lowest BCUT2D eigenvalue weighted by atomic mass is 10.1. The average molecular weight is 394 g/mol. The Labute approximate surface area is 157 Å². The van der Waals surface area contributed by atoms with Crippen LogP contribution < -0.4 is 10.4 Å². The van der Waals surface area contributed by atoms with E-state index in [9.17, 15) is 23.1 Å². The van der Waals surface area contributed by atoms with Gasteiger partial charge >= 0.3 is 11.9 Å². The molecule has 0 spiro atoms. The van der Waals surface area contributed by atoms with Gasteiger partial charge in [-0.25, -0.2) is 4.79 Å². The molecule has 0 fully saturated rings. The first-order valence-corrected chi connectivity index (χ1v) is 8.35.